The predicted molar refractivity (Wildman–Crippen MR) is 76.4 cm³/mol. The summed E-state index contributed by atoms with van der Waals surface area (Å²) in [7, 11) is -3.05. The summed E-state index contributed by atoms with van der Waals surface area (Å²) >= 11 is 6.00. The van der Waals surface area contributed by atoms with Gasteiger partial charge in [0.15, 0.2) is 0 Å². The number of piperidine rings is 1. The maximum Gasteiger partial charge on any atom is 0.216 e. The fourth-order valence-electron chi connectivity index (χ4n) is 2.42. The normalized spacial score (nSPS) is 21.9. The average molecular weight is 317 g/mol. The maximum atomic E-state index is 12.1. The quantitative estimate of drug-likeness (QED) is 0.853. The molecule has 1 saturated heterocycles. The lowest BCUT2D eigenvalue weighted by molar-refractivity contribution is 0.135. The van der Waals surface area contributed by atoms with Crippen LogP contribution in [0.2, 0.25) is 5.02 Å². The molecule has 2 heterocycles. The van der Waals surface area contributed by atoms with E-state index in [0.29, 0.717) is 36.7 Å². The third-order valence-electron chi connectivity index (χ3n) is 3.74. The molecule has 110 valence electrons. The molecular formula is C13H17ClN2O3S. The molecule has 0 spiro atoms. The van der Waals surface area contributed by atoms with Crippen LogP contribution in [0, 0.1) is 0 Å². The van der Waals surface area contributed by atoms with E-state index in [2.05, 4.69) is 4.98 Å². The van der Waals surface area contributed by atoms with Crippen molar-refractivity contribution in [3.63, 3.8) is 0 Å². The van der Waals surface area contributed by atoms with Crippen LogP contribution in [-0.2, 0) is 10.0 Å². The van der Waals surface area contributed by atoms with Gasteiger partial charge in [0.2, 0.25) is 10.0 Å². The van der Waals surface area contributed by atoms with Crippen molar-refractivity contribution < 1.29 is 13.2 Å². The first-order chi connectivity index (χ1) is 9.57. The third-order valence-corrected chi connectivity index (χ3v) is 6.42. The maximum absolute atomic E-state index is 12.1. The summed E-state index contributed by atoms with van der Waals surface area (Å²) < 4.78 is 31.7. The van der Waals surface area contributed by atoms with Crippen molar-refractivity contribution >= 4 is 21.6 Å². The Balaban J connectivity index is 1.58. The molecule has 7 heteroatoms. The first-order valence-electron chi connectivity index (χ1n) is 6.82. The van der Waals surface area contributed by atoms with Crippen molar-refractivity contribution in [2.24, 2.45) is 0 Å². The molecule has 0 amide bonds. The zero-order chi connectivity index (χ0) is 14.2. The number of sulfonamides is 1. The van der Waals surface area contributed by atoms with Crippen LogP contribution in [0.1, 0.15) is 25.7 Å². The molecule has 0 atom stereocenters. The van der Waals surface area contributed by atoms with Crippen LogP contribution in [0.15, 0.2) is 18.5 Å². The number of ether oxygens (including phenoxy) is 1. The molecule has 1 aromatic heterocycles. The van der Waals surface area contributed by atoms with Gasteiger partial charge in [0.1, 0.15) is 16.9 Å². The van der Waals surface area contributed by atoms with E-state index in [4.69, 9.17) is 16.3 Å². The van der Waals surface area contributed by atoms with Gasteiger partial charge in [-0.3, -0.25) is 4.98 Å². The molecule has 0 aromatic carbocycles. The largest absolute Gasteiger partial charge is 0.489 e. The summed E-state index contributed by atoms with van der Waals surface area (Å²) in [5, 5.41) is 0.357. The van der Waals surface area contributed by atoms with Gasteiger partial charge in [0, 0.05) is 31.5 Å². The van der Waals surface area contributed by atoms with Gasteiger partial charge < -0.3 is 4.74 Å². The molecule has 1 aromatic rings. The second kappa shape index (κ2) is 5.50. The topological polar surface area (TPSA) is 59.5 Å². The highest BCUT2D eigenvalue weighted by Crippen LogP contribution is 2.33. The summed E-state index contributed by atoms with van der Waals surface area (Å²) in [4.78, 5) is 3.91. The number of halogens is 1. The van der Waals surface area contributed by atoms with Crippen LogP contribution < -0.4 is 4.74 Å². The Hall–Kier alpha value is -0.850. The van der Waals surface area contributed by atoms with E-state index >= 15 is 0 Å². The fourth-order valence-corrected chi connectivity index (χ4v) is 4.46. The van der Waals surface area contributed by atoms with Crippen molar-refractivity contribution in [2.75, 3.05) is 13.1 Å². The van der Waals surface area contributed by atoms with Gasteiger partial charge in [-0.2, -0.15) is 0 Å². The summed E-state index contributed by atoms with van der Waals surface area (Å²) in [6.45, 7) is 1.07. The molecular weight excluding hydrogens is 300 g/mol. The van der Waals surface area contributed by atoms with Crippen LogP contribution >= 0.6 is 11.6 Å². The third kappa shape index (κ3) is 2.92. The molecule has 3 rings (SSSR count). The van der Waals surface area contributed by atoms with E-state index in [1.807, 2.05) is 0 Å². The van der Waals surface area contributed by atoms with Crippen molar-refractivity contribution in [1.82, 2.24) is 9.29 Å². The Labute approximate surface area is 123 Å². The molecule has 2 fully saturated rings. The number of hydrogen-bond acceptors (Lipinski definition) is 4. The van der Waals surface area contributed by atoms with E-state index in [0.717, 1.165) is 12.8 Å². The van der Waals surface area contributed by atoms with E-state index in [9.17, 15) is 8.42 Å². The lowest BCUT2D eigenvalue weighted by Crippen LogP contribution is -2.43. The lowest BCUT2D eigenvalue weighted by atomic mass is 10.1. The Kier molecular flexibility index (Phi) is 3.88. The number of pyridine rings is 1. The summed E-state index contributed by atoms with van der Waals surface area (Å²) in [5.41, 5.74) is 0. The minimum absolute atomic E-state index is 0.0144. The predicted octanol–water partition coefficient (Wildman–Crippen LogP) is 2.07. The fraction of sp³-hybridized carbons (Fsp3) is 0.615. The number of nitrogens with zero attached hydrogens (tertiary/aromatic N) is 2. The molecule has 0 radical (unpaired) electrons. The Bertz CT molecular complexity index is 581. The van der Waals surface area contributed by atoms with Gasteiger partial charge in [-0.25, -0.2) is 12.7 Å². The highest BCUT2D eigenvalue weighted by molar-refractivity contribution is 7.90. The van der Waals surface area contributed by atoms with Gasteiger partial charge in [-0.15, -0.1) is 0 Å². The van der Waals surface area contributed by atoms with E-state index in [1.54, 1.807) is 22.8 Å². The van der Waals surface area contributed by atoms with Gasteiger partial charge >= 0.3 is 0 Å². The molecule has 0 unspecified atom stereocenters. The minimum atomic E-state index is -3.05. The smallest absolute Gasteiger partial charge is 0.216 e. The Morgan fingerprint density at radius 2 is 1.95 bits per heavy atom. The second-order valence-corrected chi connectivity index (χ2v) is 7.89. The zero-order valence-corrected chi connectivity index (χ0v) is 12.6. The van der Waals surface area contributed by atoms with Crippen molar-refractivity contribution in [2.45, 2.75) is 37.0 Å². The molecule has 5 nitrogen and oxygen atoms in total. The van der Waals surface area contributed by atoms with Gasteiger partial charge in [0.05, 0.1) is 5.25 Å². The van der Waals surface area contributed by atoms with Crippen molar-refractivity contribution in [3.05, 3.63) is 23.5 Å². The second-order valence-electron chi connectivity index (χ2n) is 5.27. The number of rotatable bonds is 4. The molecule has 1 aliphatic heterocycles. The summed E-state index contributed by atoms with van der Waals surface area (Å²) in [6.07, 6.45) is 6.21. The molecule has 1 saturated carbocycles. The Morgan fingerprint density at radius 1 is 1.25 bits per heavy atom. The van der Waals surface area contributed by atoms with Crippen LogP contribution in [0.5, 0.6) is 5.75 Å². The number of aromatic nitrogens is 1. The van der Waals surface area contributed by atoms with Gasteiger partial charge in [-0.1, -0.05) is 11.6 Å². The highest BCUT2D eigenvalue weighted by Gasteiger charge is 2.41. The first-order valence-corrected chi connectivity index (χ1v) is 8.70. The zero-order valence-electron chi connectivity index (χ0n) is 11.0. The van der Waals surface area contributed by atoms with Crippen LogP contribution in [0.25, 0.3) is 0 Å². The highest BCUT2D eigenvalue weighted by atomic mass is 35.5. The summed E-state index contributed by atoms with van der Waals surface area (Å²) in [5.74, 6) is 0.616. The molecule has 0 N–H and O–H groups in total. The van der Waals surface area contributed by atoms with Crippen LogP contribution in [-0.4, -0.2) is 42.2 Å². The monoisotopic (exact) mass is 316 g/mol. The number of hydrogen-bond donors (Lipinski definition) is 0. The lowest BCUT2D eigenvalue weighted by Gasteiger charge is -2.31. The standard InChI is InChI=1S/C13H17ClN2O3S/c14-12-9-15-6-3-13(12)19-10-4-7-16(8-5-10)20(17,18)11-1-2-11/h3,6,9-11H,1-2,4-5,7-8H2. The van der Waals surface area contributed by atoms with Crippen molar-refractivity contribution in [1.29, 1.82) is 0 Å². The SMILES string of the molecule is O=S(=O)(C1CC1)N1CCC(Oc2ccncc2Cl)CC1. The molecule has 1 aliphatic carbocycles. The minimum Gasteiger partial charge on any atom is -0.489 e. The van der Waals surface area contributed by atoms with Crippen molar-refractivity contribution in [3.8, 4) is 5.75 Å². The van der Waals surface area contributed by atoms with E-state index in [1.165, 1.54) is 0 Å². The molecule has 2 aliphatic rings. The van der Waals surface area contributed by atoms with Gasteiger partial charge in [-0.05, 0) is 25.7 Å². The average Bonchev–Trinajstić information content (AvgIpc) is 3.27. The van der Waals surface area contributed by atoms with Crippen LogP contribution in [0.4, 0.5) is 0 Å². The molecule has 0 bridgehead atoms. The molecule has 20 heavy (non-hydrogen) atoms. The van der Waals surface area contributed by atoms with E-state index < -0.39 is 10.0 Å². The first kappa shape index (κ1) is 14.1. The van der Waals surface area contributed by atoms with Crippen LogP contribution in [0.3, 0.4) is 0 Å². The van der Waals surface area contributed by atoms with Gasteiger partial charge in [0.25, 0.3) is 0 Å². The Morgan fingerprint density at radius 3 is 2.55 bits per heavy atom. The van der Waals surface area contributed by atoms with E-state index in [-0.39, 0.29) is 11.4 Å². The summed E-state index contributed by atoms with van der Waals surface area (Å²) in [6, 6.07) is 1.73.